The van der Waals surface area contributed by atoms with E-state index in [1.165, 1.54) is 33.0 Å². The molecule has 0 atom stereocenters. The highest BCUT2D eigenvalue weighted by molar-refractivity contribution is 5.85. The lowest BCUT2D eigenvalue weighted by Gasteiger charge is -2.44. The van der Waals surface area contributed by atoms with Gasteiger partial charge in [-0.05, 0) is 23.3 Å². The summed E-state index contributed by atoms with van der Waals surface area (Å²) in [4.78, 5) is 2.57. The van der Waals surface area contributed by atoms with E-state index in [1.54, 1.807) is 0 Å². The van der Waals surface area contributed by atoms with Crippen molar-refractivity contribution in [1.82, 2.24) is 10.2 Å². The van der Waals surface area contributed by atoms with E-state index in [0.29, 0.717) is 17.9 Å². The van der Waals surface area contributed by atoms with Gasteiger partial charge in [0.2, 0.25) is 0 Å². The fraction of sp³-hybridized carbons (Fsp3) is 0.243. The molecule has 216 valence electrons. The van der Waals surface area contributed by atoms with E-state index < -0.39 is 0 Å². The van der Waals surface area contributed by atoms with E-state index in [2.05, 4.69) is 95.1 Å². The van der Waals surface area contributed by atoms with Crippen LogP contribution in [0.1, 0.15) is 54.0 Å². The standard InChI is InChI=1S/C24H21NO.C11H11NO.C2H6.ClH/c1-3-9-18(10-4-1)24(19-11-5-2-6-12-19)25-15-20(16-25)22-17-26-23-14-8-7-13-21(22)23;1-2-4-11-9(3-1)10(7-13-11)8-5-12-6-8;1-2;/h1-14,17,20,24H,15-16H2;1-4,7-8,12H,5-6H2;1-2H3;1H. The maximum Gasteiger partial charge on any atom is 0.134 e. The lowest BCUT2D eigenvalue weighted by Crippen LogP contribution is -2.47. The van der Waals surface area contributed by atoms with Crippen molar-refractivity contribution < 1.29 is 8.83 Å². The van der Waals surface area contributed by atoms with E-state index >= 15 is 0 Å². The van der Waals surface area contributed by atoms with Crippen LogP contribution in [0.5, 0.6) is 0 Å². The molecule has 4 heterocycles. The van der Waals surface area contributed by atoms with Crippen molar-refractivity contribution in [3.05, 3.63) is 144 Å². The van der Waals surface area contributed by atoms with Crippen LogP contribution in [-0.2, 0) is 0 Å². The Bertz CT molecular complexity index is 1630. The van der Waals surface area contributed by atoms with Crippen LogP contribution in [0.15, 0.2) is 131 Å². The van der Waals surface area contributed by atoms with Gasteiger partial charge in [0.15, 0.2) is 0 Å². The minimum absolute atomic E-state index is 0. The summed E-state index contributed by atoms with van der Waals surface area (Å²) in [5.74, 6) is 1.19. The number of nitrogens with one attached hydrogen (secondary N) is 1. The molecule has 0 unspecified atom stereocenters. The van der Waals surface area contributed by atoms with Crippen LogP contribution in [0.25, 0.3) is 21.9 Å². The molecule has 0 bridgehead atoms. The minimum atomic E-state index is 0. The summed E-state index contributed by atoms with van der Waals surface area (Å²) in [6.07, 6.45) is 3.85. The highest BCUT2D eigenvalue weighted by atomic mass is 35.5. The van der Waals surface area contributed by atoms with Crippen LogP contribution < -0.4 is 5.32 Å². The predicted octanol–water partition coefficient (Wildman–Crippen LogP) is 9.19. The molecule has 42 heavy (non-hydrogen) atoms. The molecule has 0 radical (unpaired) electrons. The molecule has 6 aromatic rings. The van der Waals surface area contributed by atoms with Gasteiger partial charge in [0.1, 0.15) is 11.2 Å². The molecule has 0 saturated carbocycles. The molecule has 0 aliphatic carbocycles. The topological polar surface area (TPSA) is 41.6 Å². The number of halogens is 1. The maximum atomic E-state index is 5.75. The molecular formula is C37H39ClN2O2. The first-order chi connectivity index (χ1) is 20.3. The third-order valence-electron chi connectivity index (χ3n) is 8.19. The zero-order chi connectivity index (χ0) is 28.0. The average Bonchev–Trinajstić information content (AvgIpc) is 3.61. The van der Waals surface area contributed by atoms with Gasteiger partial charge in [0.05, 0.1) is 18.6 Å². The largest absolute Gasteiger partial charge is 0.464 e. The number of para-hydroxylation sites is 2. The zero-order valence-corrected chi connectivity index (χ0v) is 25.1. The Labute approximate surface area is 254 Å². The molecule has 2 aromatic heterocycles. The monoisotopic (exact) mass is 578 g/mol. The first-order valence-corrected chi connectivity index (χ1v) is 14.8. The third-order valence-corrected chi connectivity index (χ3v) is 8.19. The Morgan fingerprint density at radius 2 is 1.02 bits per heavy atom. The lowest BCUT2D eigenvalue weighted by molar-refractivity contribution is 0.111. The van der Waals surface area contributed by atoms with Crippen molar-refractivity contribution in [2.45, 2.75) is 31.7 Å². The van der Waals surface area contributed by atoms with Crippen LogP contribution in [0.4, 0.5) is 0 Å². The van der Waals surface area contributed by atoms with Gasteiger partial charge >= 0.3 is 0 Å². The fourth-order valence-corrected chi connectivity index (χ4v) is 5.94. The second-order valence-corrected chi connectivity index (χ2v) is 10.6. The Morgan fingerprint density at radius 3 is 1.48 bits per heavy atom. The average molecular weight is 579 g/mol. The number of hydrogen-bond donors (Lipinski definition) is 1. The smallest absolute Gasteiger partial charge is 0.134 e. The van der Waals surface area contributed by atoms with Gasteiger partial charge in [0.25, 0.3) is 0 Å². The molecule has 4 aromatic carbocycles. The maximum absolute atomic E-state index is 5.75. The Kier molecular flexibility index (Phi) is 9.81. The fourth-order valence-electron chi connectivity index (χ4n) is 5.94. The number of likely N-dealkylation sites (tertiary alicyclic amines) is 1. The summed E-state index contributed by atoms with van der Waals surface area (Å²) in [6.45, 7) is 8.28. The van der Waals surface area contributed by atoms with Gasteiger partial charge in [-0.1, -0.05) is 111 Å². The van der Waals surface area contributed by atoms with Crippen molar-refractivity contribution in [2.24, 2.45) is 0 Å². The van der Waals surface area contributed by atoms with Crippen molar-refractivity contribution in [3.63, 3.8) is 0 Å². The van der Waals surface area contributed by atoms with Crippen LogP contribution in [-0.4, -0.2) is 31.1 Å². The molecule has 2 fully saturated rings. The van der Waals surface area contributed by atoms with Crippen molar-refractivity contribution in [1.29, 1.82) is 0 Å². The predicted molar refractivity (Wildman–Crippen MR) is 176 cm³/mol. The summed E-state index contributed by atoms with van der Waals surface area (Å²) in [7, 11) is 0. The first-order valence-electron chi connectivity index (χ1n) is 14.8. The lowest BCUT2D eigenvalue weighted by atomic mass is 9.86. The van der Waals surface area contributed by atoms with Gasteiger partial charge < -0.3 is 14.2 Å². The minimum Gasteiger partial charge on any atom is -0.464 e. The number of fused-ring (bicyclic) bond motifs is 2. The number of rotatable bonds is 5. The second kappa shape index (κ2) is 13.9. The zero-order valence-electron chi connectivity index (χ0n) is 24.3. The van der Waals surface area contributed by atoms with E-state index in [0.717, 1.165) is 37.3 Å². The SMILES string of the molecule is CC.Cl.c1ccc(C(c2ccccc2)N2CC(c3coc4ccccc34)C2)cc1.c1ccc2c(C3CNC3)coc2c1. The molecule has 2 saturated heterocycles. The molecule has 5 heteroatoms. The number of furan rings is 2. The van der Waals surface area contributed by atoms with E-state index in [4.69, 9.17) is 8.83 Å². The normalized spacial score (nSPS) is 15.1. The molecule has 0 amide bonds. The molecular weight excluding hydrogens is 540 g/mol. The summed E-state index contributed by atoms with van der Waals surface area (Å²) in [5, 5.41) is 5.80. The van der Waals surface area contributed by atoms with Crippen LogP contribution in [0, 0.1) is 0 Å². The van der Waals surface area contributed by atoms with Gasteiger partial charge in [-0.15, -0.1) is 12.4 Å². The van der Waals surface area contributed by atoms with Crippen LogP contribution >= 0.6 is 12.4 Å². The molecule has 2 aliphatic rings. The third kappa shape index (κ3) is 6.03. The second-order valence-electron chi connectivity index (χ2n) is 10.6. The van der Waals surface area contributed by atoms with Crippen LogP contribution in [0.2, 0.25) is 0 Å². The molecule has 1 N–H and O–H groups in total. The highest BCUT2D eigenvalue weighted by Gasteiger charge is 2.36. The summed E-state index contributed by atoms with van der Waals surface area (Å²) < 4.78 is 11.2. The highest BCUT2D eigenvalue weighted by Crippen LogP contribution is 2.40. The summed E-state index contributed by atoms with van der Waals surface area (Å²) >= 11 is 0. The molecule has 4 nitrogen and oxygen atoms in total. The number of benzene rings is 4. The van der Waals surface area contributed by atoms with Gasteiger partial charge in [0, 0.05) is 59.9 Å². The van der Waals surface area contributed by atoms with E-state index in [9.17, 15) is 0 Å². The van der Waals surface area contributed by atoms with Gasteiger partial charge in [-0.2, -0.15) is 0 Å². The van der Waals surface area contributed by atoms with Crippen molar-refractivity contribution >= 4 is 34.3 Å². The van der Waals surface area contributed by atoms with Gasteiger partial charge in [-0.3, -0.25) is 4.90 Å². The van der Waals surface area contributed by atoms with E-state index in [-0.39, 0.29) is 12.4 Å². The Morgan fingerprint density at radius 1 is 0.595 bits per heavy atom. The Hall–Kier alpha value is -3.83. The summed E-state index contributed by atoms with van der Waals surface area (Å²) in [6, 6.07) is 38.5. The Balaban J connectivity index is 0.000000185. The van der Waals surface area contributed by atoms with Crippen molar-refractivity contribution in [3.8, 4) is 0 Å². The molecule has 0 spiro atoms. The van der Waals surface area contributed by atoms with Crippen LogP contribution in [0.3, 0.4) is 0 Å². The molecule has 2 aliphatic heterocycles. The quantitative estimate of drug-likeness (QED) is 0.221. The van der Waals surface area contributed by atoms with Crippen molar-refractivity contribution in [2.75, 3.05) is 26.2 Å². The van der Waals surface area contributed by atoms with Gasteiger partial charge in [-0.25, -0.2) is 0 Å². The number of nitrogens with zero attached hydrogens (tertiary/aromatic N) is 1. The first kappa shape index (κ1) is 29.7. The number of hydrogen-bond acceptors (Lipinski definition) is 4. The molecule has 8 rings (SSSR count). The summed E-state index contributed by atoms with van der Waals surface area (Å²) in [5.41, 5.74) is 7.41. The van der Waals surface area contributed by atoms with E-state index in [1.807, 2.05) is 50.6 Å².